The Balaban J connectivity index is 1.94. The van der Waals surface area contributed by atoms with Gasteiger partial charge in [0, 0.05) is 25.7 Å². The van der Waals surface area contributed by atoms with E-state index in [4.69, 9.17) is 0 Å². The summed E-state index contributed by atoms with van der Waals surface area (Å²) in [6, 6.07) is 9.89. The van der Waals surface area contributed by atoms with E-state index in [0.717, 1.165) is 12.6 Å². The minimum Gasteiger partial charge on any atom is -0.305 e. The highest BCUT2D eigenvalue weighted by atomic mass is 15.2. The average Bonchev–Trinajstić information content (AvgIpc) is 2.77. The van der Waals surface area contributed by atoms with E-state index in [0.29, 0.717) is 0 Å². The smallest absolute Gasteiger partial charge is 0.0234 e. The van der Waals surface area contributed by atoms with Gasteiger partial charge in [0.05, 0.1) is 0 Å². The summed E-state index contributed by atoms with van der Waals surface area (Å²) in [5, 5.41) is 0. The molecule has 0 N–H and O–H groups in total. The van der Waals surface area contributed by atoms with Crippen LogP contribution in [-0.4, -0.2) is 43.0 Å². The zero-order chi connectivity index (χ0) is 14.0. The fourth-order valence-electron chi connectivity index (χ4n) is 2.75. The molecule has 0 aliphatic carbocycles. The summed E-state index contributed by atoms with van der Waals surface area (Å²) in [7, 11) is 4.37. The van der Waals surface area contributed by atoms with E-state index in [-0.39, 0.29) is 5.41 Å². The normalized spacial score (nSPS) is 21.3. The maximum Gasteiger partial charge on any atom is 0.0234 e. The van der Waals surface area contributed by atoms with Crippen molar-refractivity contribution in [3.8, 4) is 0 Å². The van der Waals surface area contributed by atoms with Crippen molar-refractivity contribution in [3.63, 3.8) is 0 Å². The standard InChI is InChI=1S/C17H28N2/c1-17(2,3)15-8-6-14(7-9-15)12-19-11-10-16(13-19)18(4)5/h6-9,16H,10-13H2,1-5H3/t16-/m0/s1. The van der Waals surface area contributed by atoms with Crippen LogP contribution >= 0.6 is 0 Å². The van der Waals surface area contributed by atoms with Crippen LogP contribution < -0.4 is 0 Å². The van der Waals surface area contributed by atoms with Gasteiger partial charge in [0.2, 0.25) is 0 Å². The Morgan fingerprint density at radius 2 is 1.79 bits per heavy atom. The molecule has 2 rings (SSSR count). The van der Waals surface area contributed by atoms with Crippen molar-refractivity contribution >= 4 is 0 Å². The highest BCUT2D eigenvalue weighted by Gasteiger charge is 2.23. The van der Waals surface area contributed by atoms with Gasteiger partial charge in [-0.3, -0.25) is 4.90 Å². The molecule has 1 heterocycles. The minimum absolute atomic E-state index is 0.252. The van der Waals surface area contributed by atoms with E-state index in [1.807, 2.05) is 0 Å². The Kier molecular flexibility index (Phi) is 4.32. The molecule has 0 spiro atoms. The lowest BCUT2D eigenvalue weighted by Gasteiger charge is -2.21. The first kappa shape index (κ1) is 14.5. The first-order chi connectivity index (χ1) is 8.86. The zero-order valence-corrected chi connectivity index (χ0v) is 13.1. The lowest BCUT2D eigenvalue weighted by atomic mass is 9.87. The summed E-state index contributed by atoms with van der Waals surface area (Å²) in [6.07, 6.45) is 1.30. The molecule has 1 aromatic carbocycles. The summed E-state index contributed by atoms with van der Waals surface area (Å²) in [5.74, 6) is 0. The molecule has 1 atom stereocenters. The number of rotatable bonds is 3. The quantitative estimate of drug-likeness (QED) is 0.824. The Bertz CT molecular complexity index is 400. The molecule has 1 aliphatic heterocycles. The third-order valence-corrected chi connectivity index (χ3v) is 4.20. The Labute approximate surface area is 118 Å². The molecule has 1 saturated heterocycles. The molecule has 1 fully saturated rings. The molecular weight excluding hydrogens is 232 g/mol. The van der Waals surface area contributed by atoms with Crippen LogP contribution in [0.15, 0.2) is 24.3 Å². The molecule has 0 radical (unpaired) electrons. The topological polar surface area (TPSA) is 6.48 Å². The maximum absolute atomic E-state index is 2.57. The molecule has 0 amide bonds. The fraction of sp³-hybridized carbons (Fsp3) is 0.647. The van der Waals surface area contributed by atoms with Crippen molar-refractivity contribution in [2.45, 2.75) is 45.2 Å². The van der Waals surface area contributed by atoms with E-state index >= 15 is 0 Å². The van der Waals surface area contributed by atoms with Gasteiger partial charge >= 0.3 is 0 Å². The van der Waals surface area contributed by atoms with Crippen LogP contribution in [0, 0.1) is 0 Å². The molecule has 2 heteroatoms. The monoisotopic (exact) mass is 260 g/mol. The molecule has 0 saturated carbocycles. The highest BCUT2D eigenvalue weighted by Crippen LogP contribution is 2.23. The molecule has 1 aromatic rings. The summed E-state index contributed by atoms with van der Waals surface area (Å²) in [5.41, 5.74) is 3.11. The zero-order valence-electron chi connectivity index (χ0n) is 13.1. The number of benzene rings is 1. The van der Waals surface area contributed by atoms with Gasteiger partial charge in [0.15, 0.2) is 0 Å². The molecule has 106 valence electrons. The minimum atomic E-state index is 0.252. The average molecular weight is 260 g/mol. The molecular formula is C17H28N2. The summed E-state index contributed by atoms with van der Waals surface area (Å²) in [6.45, 7) is 10.3. The Morgan fingerprint density at radius 3 is 2.26 bits per heavy atom. The fourth-order valence-corrected chi connectivity index (χ4v) is 2.75. The van der Waals surface area contributed by atoms with Crippen LogP contribution in [0.3, 0.4) is 0 Å². The lowest BCUT2D eigenvalue weighted by molar-refractivity contribution is 0.264. The highest BCUT2D eigenvalue weighted by molar-refractivity contribution is 5.27. The van der Waals surface area contributed by atoms with Crippen LogP contribution in [0.25, 0.3) is 0 Å². The van der Waals surface area contributed by atoms with Gasteiger partial charge in [-0.25, -0.2) is 0 Å². The van der Waals surface area contributed by atoms with Crippen LogP contribution in [0.4, 0.5) is 0 Å². The third-order valence-electron chi connectivity index (χ3n) is 4.20. The second kappa shape index (κ2) is 5.64. The number of hydrogen-bond acceptors (Lipinski definition) is 2. The number of hydrogen-bond donors (Lipinski definition) is 0. The summed E-state index contributed by atoms with van der Waals surface area (Å²) >= 11 is 0. The van der Waals surface area contributed by atoms with Crippen LogP contribution in [0.1, 0.15) is 38.3 Å². The molecule has 1 aliphatic rings. The van der Waals surface area contributed by atoms with Gasteiger partial charge in [-0.2, -0.15) is 0 Å². The van der Waals surface area contributed by atoms with E-state index in [2.05, 4.69) is 68.9 Å². The van der Waals surface area contributed by atoms with Crippen molar-refractivity contribution in [1.82, 2.24) is 9.80 Å². The SMILES string of the molecule is CN(C)[C@H]1CCN(Cc2ccc(C(C)(C)C)cc2)C1. The molecule has 0 unspecified atom stereocenters. The lowest BCUT2D eigenvalue weighted by Crippen LogP contribution is -2.31. The van der Waals surface area contributed by atoms with E-state index in [1.54, 1.807) is 0 Å². The largest absolute Gasteiger partial charge is 0.305 e. The van der Waals surface area contributed by atoms with Crippen molar-refractivity contribution in [2.24, 2.45) is 0 Å². The second-order valence-electron chi connectivity index (χ2n) is 7.09. The first-order valence-electron chi connectivity index (χ1n) is 7.34. The number of nitrogens with zero attached hydrogens (tertiary/aromatic N) is 2. The summed E-state index contributed by atoms with van der Waals surface area (Å²) in [4.78, 5) is 4.92. The molecule has 2 nitrogen and oxygen atoms in total. The van der Waals surface area contributed by atoms with Crippen LogP contribution in [-0.2, 0) is 12.0 Å². The number of likely N-dealkylation sites (tertiary alicyclic amines) is 1. The van der Waals surface area contributed by atoms with Crippen molar-refractivity contribution in [1.29, 1.82) is 0 Å². The predicted molar refractivity (Wildman–Crippen MR) is 82.5 cm³/mol. The van der Waals surface area contributed by atoms with Crippen LogP contribution in [0.5, 0.6) is 0 Å². The third kappa shape index (κ3) is 3.80. The first-order valence-corrected chi connectivity index (χ1v) is 7.34. The summed E-state index contributed by atoms with van der Waals surface area (Å²) < 4.78 is 0. The Hall–Kier alpha value is -0.860. The molecule has 0 aromatic heterocycles. The van der Waals surface area contributed by atoms with E-state index in [9.17, 15) is 0 Å². The van der Waals surface area contributed by atoms with Gasteiger partial charge in [-0.1, -0.05) is 45.0 Å². The van der Waals surface area contributed by atoms with Crippen LogP contribution in [0.2, 0.25) is 0 Å². The Morgan fingerprint density at radius 1 is 1.16 bits per heavy atom. The van der Waals surface area contributed by atoms with Gasteiger partial charge in [-0.05, 0) is 37.1 Å². The number of likely N-dealkylation sites (N-methyl/N-ethyl adjacent to an activating group) is 1. The van der Waals surface area contributed by atoms with Gasteiger partial charge in [-0.15, -0.1) is 0 Å². The van der Waals surface area contributed by atoms with Crippen molar-refractivity contribution in [3.05, 3.63) is 35.4 Å². The van der Waals surface area contributed by atoms with Gasteiger partial charge < -0.3 is 4.90 Å². The van der Waals surface area contributed by atoms with E-state index in [1.165, 1.54) is 30.6 Å². The van der Waals surface area contributed by atoms with Gasteiger partial charge in [0.1, 0.15) is 0 Å². The van der Waals surface area contributed by atoms with Gasteiger partial charge in [0.25, 0.3) is 0 Å². The predicted octanol–water partition coefficient (Wildman–Crippen LogP) is 3.12. The van der Waals surface area contributed by atoms with E-state index < -0.39 is 0 Å². The van der Waals surface area contributed by atoms with Crippen molar-refractivity contribution in [2.75, 3.05) is 27.2 Å². The molecule has 19 heavy (non-hydrogen) atoms. The molecule has 0 bridgehead atoms. The maximum atomic E-state index is 2.57. The second-order valence-corrected chi connectivity index (χ2v) is 7.09. The van der Waals surface area contributed by atoms with Crippen molar-refractivity contribution < 1.29 is 0 Å².